The Balaban J connectivity index is 1.47. The number of nitrogens with zero attached hydrogens (tertiary/aromatic N) is 2. The number of ketones is 1. The van der Waals surface area contributed by atoms with E-state index in [0.29, 0.717) is 36.9 Å². The number of aryl methyl sites for hydroxylation is 2. The summed E-state index contributed by atoms with van der Waals surface area (Å²) in [7, 11) is 0. The molecule has 6 nitrogen and oxygen atoms in total. The molecule has 0 amide bonds. The maximum absolute atomic E-state index is 13.0. The molecule has 0 fully saturated rings. The normalized spacial score (nSPS) is 17.0. The minimum absolute atomic E-state index is 0.126. The van der Waals surface area contributed by atoms with Gasteiger partial charge in [-0.05, 0) is 49.2 Å². The van der Waals surface area contributed by atoms with Crippen LogP contribution in [-0.4, -0.2) is 22.4 Å². The van der Waals surface area contributed by atoms with Crippen molar-refractivity contribution in [3.05, 3.63) is 82.3 Å². The minimum Gasteiger partial charge on any atom is -0.478 e. The van der Waals surface area contributed by atoms with Gasteiger partial charge in [0.25, 0.3) is 0 Å². The molecule has 1 aromatic carbocycles. The molecule has 6 heteroatoms. The number of ether oxygens (including phenoxy) is 2. The smallest absolute Gasteiger partial charge is 0.232 e. The van der Waals surface area contributed by atoms with Crippen molar-refractivity contribution in [1.82, 2.24) is 9.88 Å². The molecule has 2 aliphatic heterocycles. The van der Waals surface area contributed by atoms with Crippen LogP contribution in [-0.2, 0) is 13.1 Å². The average molecular weight is 388 g/mol. The average Bonchev–Trinajstić information content (AvgIpc) is 3.27. The molecule has 0 atom stereocenters. The number of fused-ring (bicyclic) bond motifs is 3. The monoisotopic (exact) mass is 388 g/mol. The van der Waals surface area contributed by atoms with Crippen LogP contribution in [0.5, 0.6) is 11.5 Å². The third-order valence-corrected chi connectivity index (χ3v) is 5.15. The third-order valence-electron chi connectivity index (χ3n) is 5.15. The van der Waals surface area contributed by atoms with Gasteiger partial charge in [0.15, 0.2) is 5.76 Å². The van der Waals surface area contributed by atoms with Crippen LogP contribution in [0.15, 0.2) is 52.9 Å². The SMILES string of the molecule is Cc1ccc(/C=C2\Oc3c4c(cc(C)c3C2=O)OCN(Cc2cccnc2)C4)o1. The van der Waals surface area contributed by atoms with E-state index in [9.17, 15) is 4.79 Å². The van der Waals surface area contributed by atoms with Gasteiger partial charge in [0.1, 0.15) is 29.8 Å². The number of carbonyl (C=O) groups excluding carboxylic acids is 1. The topological polar surface area (TPSA) is 64.8 Å². The highest BCUT2D eigenvalue weighted by molar-refractivity contribution is 6.15. The van der Waals surface area contributed by atoms with Crippen molar-refractivity contribution in [1.29, 1.82) is 0 Å². The summed E-state index contributed by atoms with van der Waals surface area (Å²) in [6.07, 6.45) is 5.26. The first-order valence-corrected chi connectivity index (χ1v) is 9.50. The first kappa shape index (κ1) is 17.7. The summed E-state index contributed by atoms with van der Waals surface area (Å²) in [5.74, 6) is 2.89. The lowest BCUT2D eigenvalue weighted by Gasteiger charge is -2.30. The molecule has 0 saturated heterocycles. The van der Waals surface area contributed by atoms with Crippen molar-refractivity contribution in [3.63, 3.8) is 0 Å². The molecule has 0 bridgehead atoms. The van der Waals surface area contributed by atoms with E-state index < -0.39 is 0 Å². The number of pyridine rings is 1. The maximum atomic E-state index is 13.0. The lowest BCUT2D eigenvalue weighted by atomic mass is 9.98. The van der Waals surface area contributed by atoms with Crippen molar-refractivity contribution in [2.45, 2.75) is 26.9 Å². The van der Waals surface area contributed by atoms with Crippen molar-refractivity contribution in [2.24, 2.45) is 0 Å². The van der Waals surface area contributed by atoms with Gasteiger partial charge < -0.3 is 13.9 Å². The van der Waals surface area contributed by atoms with Crippen molar-refractivity contribution >= 4 is 11.9 Å². The molecule has 3 aromatic rings. The van der Waals surface area contributed by atoms with Crippen LogP contribution in [0.4, 0.5) is 0 Å². The molecule has 29 heavy (non-hydrogen) atoms. The lowest BCUT2D eigenvalue weighted by Crippen LogP contribution is -2.31. The van der Waals surface area contributed by atoms with Gasteiger partial charge in [-0.25, -0.2) is 0 Å². The Kier molecular flexibility index (Phi) is 4.21. The van der Waals surface area contributed by atoms with Gasteiger partial charge in [0.2, 0.25) is 5.78 Å². The van der Waals surface area contributed by atoms with E-state index in [1.54, 1.807) is 12.3 Å². The molecule has 146 valence electrons. The Hall–Kier alpha value is -3.38. The predicted octanol–water partition coefficient (Wildman–Crippen LogP) is 4.26. The molecular formula is C23H20N2O4. The summed E-state index contributed by atoms with van der Waals surface area (Å²) in [4.78, 5) is 19.3. The summed E-state index contributed by atoms with van der Waals surface area (Å²) < 4.78 is 17.6. The van der Waals surface area contributed by atoms with E-state index in [1.165, 1.54) is 0 Å². The second-order valence-electron chi connectivity index (χ2n) is 7.38. The summed E-state index contributed by atoms with van der Waals surface area (Å²) in [5.41, 5.74) is 3.45. The quantitative estimate of drug-likeness (QED) is 0.625. The van der Waals surface area contributed by atoms with Gasteiger partial charge in [-0.2, -0.15) is 0 Å². The lowest BCUT2D eigenvalue weighted by molar-refractivity contribution is 0.0871. The molecule has 0 unspecified atom stereocenters. The number of allylic oxidation sites excluding steroid dienone is 1. The molecule has 2 aromatic heterocycles. The highest BCUT2D eigenvalue weighted by Gasteiger charge is 2.35. The summed E-state index contributed by atoms with van der Waals surface area (Å²) in [5, 5.41) is 0. The number of hydrogen-bond donors (Lipinski definition) is 0. The molecule has 0 saturated carbocycles. The molecule has 0 aliphatic carbocycles. The first-order valence-electron chi connectivity index (χ1n) is 9.50. The Morgan fingerprint density at radius 2 is 2.14 bits per heavy atom. The summed E-state index contributed by atoms with van der Waals surface area (Å²) in [6.45, 7) is 5.59. The molecule has 5 rings (SSSR count). The predicted molar refractivity (Wildman–Crippen MR) is 107 cm³/mol. The Bertz CT molecular complexity index is 1130. The van der Waals surface area contributed by atoms with Crippen LogP contribution in [0.25, 0.3) is 6.08 Å². The summed E-state index contributed by atoms with van der Waals surface area (Å²) >= 11 is 0. The van der Waals surface area contributed by atoms with Gasteiger partial charge in [-0.3, -0.25) is 14.7 Å². The molecule has 0 N–H and O–H groups in total. The Morgan fingerprint density at radius 3 is 2.90 bits per heavy atom. The van der Waals surface area contributed by atoms with E-state index in [2.05, 4.69) is 9.88 Å². The fourth-order valence-corrected chi connectivity index (χ4v) is 3.79. The largest absolute Gasteiger partial charge is 0.478 e. The number of benzene rings is 1. The van der Waals surface area contributed by atoms with Crippen molar-refractivity contribution in [2.75, 3.05) is 6.73 Å². The maximum Gasteiger partial charge on any atom is 0.232 e. The zero-order chi connectivity index (χ0) is 20.0. The minimum atomic E-state index is -0.126. The molecule has 2 aliphatic rings. The van der Waals surface area contributed by atoms with E-state index in [4.69, 9.17) is 13.9 Å². The first-order chi connectivity index (χ1) is 14.1. The van der Waals surface area contributed by atoms with E-state index in [0.717, 1.165) is 28.2 Å². The Morgan fingerprint density at radius 1 is 1.24 bits per heavy atom. The van der Waals surface area contributed by atoms with Gasteiger partial charge in [0, 0.05) is 31.6 Å². The second-order valence-corrected chi connectivity index (χ2v) is 7.38. The van der Waals surface area contributed by atoms with E-state index >= 15 is 0 Å². The highest BCUT2D eigenvalue weighted by Crippen LogP contribution is 2.44. The third kappa shape index (κ3) is 3.21. The fourth-order valence-electron chi connectivity index (χ4n) is 3.79. The zero-order valence-electron chi connectivity index (χ0n) is 16.3. The number of furan rings is 1. The van der Waals surface area contributed by atoms with E-state index in [-0.39, 0.29) is 11.5 Å². The van der Waals surface area contributed by atoms with Crippen LogP contribution in [0.3, 0.4) is 0 Å². The van der Waals surface area contributed by atoms with Crippen LogP contribution >= 0.6 is 0 Å². The second kappa shape index (κ2) is 6.90. The van der Waals surface area contributed by atoms with Crippen molar-refractivity contribution in [3.8, 4) is 11.5 Å². The van der Waals surface area contributed by atoms with Crippen LogP contribution in [0.1, 0.15) is 38.6 Å². The summed E-state index contributed by atoms with van der Waals surface area (Å²) in [6, 6.07) is 9.56. The van der Waals surface area contributed by atoms with Crippen LogP contribution in [0, 0.1) is 13.8 Å². The number of Topliss-reactive ketones (excluding diaryl/α,β-unsaturated/α-hetero) is 1. The van der Waals surface area contributed by atoms with E-state index in [1.807, 2.05) is 50.4 Å². The van der Waals surface area contributed by atoms with Crippen LogP contribution < -0.4 is 9.47 Å². The number of rotatable bonds is 3. The zero-order valence-corrected chi connectivity index (χ0v) is 16.3. The highest BCUT2D eigenvalue weighted by atomic mass is 16.5. The Labute approximate surface area is 168 Å². The molecule has 4 heterocycles. The number of aromatic nitrogens is 1. The standard InChI is InChI=1S/C23H20N2O4/c1-14-8-19-18(12-25(13-27-19)11-16-4-3-7-24-10-16)23-21(14)22(26)20(29-23)9-17-6-5-15(2)28-17/h3-10H,11-13H2,1-2H3/b20-9-. The van der Waals surface area contributed by atoms with Gasteiger partial charge in [-0.15, -0.1) is 0 Å². The number of hydrogen-bond acceptors (Lipinski definition) is 6. The van der Waals surface area contributed by atoms with Gasteiger partial charge in [-0.1, -0.05) is 6.07 Å². The number of carbonyl (C=O) groups is 1. The molecule has 0 radical (unpaired) electrons. The van der Waals surface area contributed by atoms with Crippen LogP contribution in [0.2, 0.25) is 0 Å². The van der Waals surface area contributed by atoms with Crippen molar-refractivity contribution < 1.29 is 18.7 Å². The van der Waals surface area contributed by atoms with Gasteiger partial charge >= 0.3 is 0 Å². The fraction of sp³-hybridized carbons (Fsp3) is 0.217. The van der Waals surface area contributed by atoms with Gasteiger partial charge in [0.05, 0.1) is 11.1 Å². The molecule has 0 spiro atoms. The molecular weight excluding hydrogens is 368 g/mol.